The van der Waals surface area contributed by atoms with E-state index >= 15 is 0 Å². The maximum Gasteiger partial charge on any atom is 0.420 e. The summed E-state index contributed by atoms with van der Waals surface area (Å²) in [6.45, 7) is 1.68. The number of nitrogens with zero attached hydrogens (tertiary/aromatic N) is 2. The van der Waals surface area contributed by atoms with Gasteiger partial charge in [0.2, 0.25) is 0 Å². The van der Waals surface area contributed by atoms with E-state index in [1.807, 2.05) is 0 Å². The highest BCUT2D eigenvalue weighted by atomic mass is 19.1. The van der Waals surface area contributed by atoms with E-state index in [0.29, 0.717) is 16.7 Å². The number of carbonyl (C=O) groups excluding carboxylic acids is 2. The second kappa shape index (κ2) is 6.08. The molecule has 3 amide bonds. The van der Waals surface area contributed by atoms with Gasteiger partial charge in [-0.15, -0.1) is 0 Å². The number of aromatic nitrogens is 1. The fraction of sp³-hybridized carbons (Fsp3) is 0.211. The zero-order valence-corrected chi connectivity index (χ0v) is 14.4. The molecule has 0 saturated carbocycles. The first-order valence-corrected chi connectivity index (χ1v) is 8.39. The topological polar surface area (TPSA) is 84.6 Å². The van der Waals surface area contributed by atoms with Gasteiger partial charge in [-0.3, -0.25) is 14.3 Å². The van der Waals surface area contributed by atoms with E-state index < -0.39 is 29.1 Å². The molecule has 4 rings (SSSR count). The van der Waals surface area contributed by atoms with E-state index in [9.17, 15) is 18.8 Å². The zero-order chi connectivity index (χ0) is 19.2. The SMILES string of the molecule is CC1(c2ccc(F)cc2)NC(=O)N(CCn2c(=O)oc3ccccc32)C1=O. The number of halogens is 1. The van der Waals surface area contributed by atoms with E-state index in [-0.39, 0.29) is 13.1 Å². The van der Waals surface area contributed by atoms with Gasteiger partial charge in [0.25, 0.3) is 5.91 Å². The fourth-order valence-corrected chi connectivity index (χ4v) is 3.30. The Labute approximate surface area is 153 Å². The summed E-state index contributed by atoms with van der Waals surface area (Å²) < 4.78 is 19.7. The normalized spacial score (nSPS) is 19.7. The molecule has 1 N–H and O–H groups in total. The van der Waals surface area contributed by atoms with Crippen LogP contribution in [-0.2, 0) is 16.9 Å². The van der Waals surface area contributed by atoms with Gasteiger partial charge in [-0.2, -0.15) is 0 Å². The van der Waals surface area contributed by atoms with Crippen molar-refractivity contribution >= 4 is 23.0 Å². The summed E-state index contributed by atoms with van der Waals surface area (Å²) in [6, 6.07) is 11.8. The lowest BCUT2D eigenvalue weighted by molar-refractivity contribution is -0.131. The highest BCUT2D eigenvalue weighted by Gasteiger charge is 2.48. The molecule has 0 bridgehead atoms. The van der Waals surface area contributed by atoms with E-state index in [1.165, 1.54) is 28.8 Å². The van der Waals surface area contributed by atoms with Crippen LogP contribution >= 0.6 is 0 Å². The van der Waals surface area contributed by atoms with Crippen LogP contribution in [0.1, 0.15) is 12.5 Å². The Morgan fingerprint density at radius 1 is 1.04 bits per heavy atom. The molecule has 1 aliphatic heterocycles. The molecule has 138 valence electrons. The van der Waals surface area contributed by atoms with Gasteiger partial charge in [0.1, 0.15) is 11.4 Å². The second-order valence-electron chi connectivity index (χ2n) is 6.51. The highest BCUT2D eigenvalue weighted by molar-refractivity contribution is 6.07. The van der Waals surface area contributed by atoms with Crippen molar-refractivity contribution in [2.45, 2.75) is 19.0 Å². The Balaban J connectivity index is 1.58. The molecule has 27 heavy (non-hydrogen) atoms. The predicted molar refractivity (Wildman–Crippen MR) is 94.5 cm³/mol. The number of urea groups is 1. The molecule has 1 aliphatic rings. The minimum Gasteiger partial charge on any atom is -0.408 e. The van der Waals surface area contributed by atoms with Crippen molar-refractivity contribution in [1.82, 2.24) is 14.8 Å². The molecule has 0 radical (unpaired) electrons. The average molecular weight is 369 g/mol. The molecule has 1 saturated heterocycles. The fourth-order valence-electron chi connectivity index (χ4n) is 3.30. The van der Waals surface area contributed by atoms with Crippen LogP contribution in [0.15, 0.2) is 57.7 Å². The van der Waals surface area contributed by atoms with Crippen molar-refractivity contribution in [3.63, 3.8) is 0 Å². The first-order valence-electron chi connectivity index (χ1n) is 8.39. The van der Waals surface area contributed by atoms with Crippen LogP contribution in [-0.4, -0.2) is 28.0 Å². The van der Waals surface area contributed by atoms with Crippen LogP contribution < -0.4 is 11.1 Å². The number of hydrogen-bond acceptors (Lipinski definition) is 4. The first kappa shape index (κ1) is 17.0. The Morgan fingerprint density at radius 3 is 2.48 bits per heavy atom. The van der Waals surface area contributed by atoms with Gasteiger partial charge in [-0.25, -0.2) is 14.0 Å². The number of fused-ring (bicyclic) bond motifs is 1. The van der Waals surface area contributed by atoms with E-state index in [1.54, 1.807) is 31.2 Å². The third kappa shape index (κ3) is 2.69. The van der Waals surface area contributed by atoms with Gasteiger partial charge in [-0.05, 0) is 36.8 Å². The first-order chi connectivity index (χ1) is 12.9. The number of para-hydroxylation sites is 2. The number of rotatable bonds is 4. The third-order valence-electron chi connectivity index (χ3n) is 4.82. The Hall–Kier alpha value is -3.42. The Morgan fingerprint density at radius 2 is 1.74 bits per heavy atom. The monoisotopic (exact) mass is 369 g/mol. The zero-order valence-electron chi connectivity index (χ0n) is 14.4. The van der Waals surface area contributed by atoms with Gasteiger partial charge in [0.05, 0.1) is 5.52 Å². The van der Waals surface area contributed by atoms with Crippen LogP contribution in [0.5, 0.6) is 0 Å². The van der Waals surface area contributed by atoms with Crippen LogP contribution in [0.25, 0.3) is 11.1 Å². The number of carbonyl (C=O) groups is 2. The summed E-state index contributed by atoms with van der Waals surface area (Å²) in [5.74, 6) is -1.44. The molecule has 0 aliphatic carbocycles. The number of hydrogen-bond donors (Lipinski definition) is 1. The molecule has 2 aromatic carbocycles. The molecule has 0 spiro atoms. The van der Waals surface area contributed by atoms with Gasteiger partial charge in [-0.1, -0.05) is 24.3 Å². The summed E-state index contributed by atoms with van der Waals surface area (Å²) >= 11 is 0. The van der Waals surface area contributed by atoms with Crippen molar-refractivity contribution in [2.24, 2.45) is 0 Å². The highest BCUT2D eigenvalue weighted by Crippen LogP contribution is 2.29. The van der Waals surface area contributed by atoms with Gasteiger partial charge in [0, 0.05) is 13.1 Å². The molecular formula is C19H16FN3O4. The number of oxazole rings is 1. The van der Waals surface area contributed by atoms with Crippen molar-refractivity contribution in [3.05, 3.63) is 70.5 Å². The smallest absolute Gasteiger partial charge is 0.408 e. The van der Waals surface area contributed by atoms with Crippen LogP contribution in [0, 0.1) is 5.82 Å². The standard InChI is InChI=1S/C19H16FN3O4/c1-19(12-6-8-13(20)9-7-12)16(24)23(17(25)21-19)11-10-22-14-4-2-3-5-15(14)27-18(22)26/h2-9H,10-11H2,1H3,(H,21,25). The maximum atomic E-state index is 13.2. The number of nitrogens with one attached hydrogen (secondary N) is 1. The molecule has 1 aromatic heterocycles. The predicted octanol–water partition coefficient (Wildman–Crippen LogP) is 2.20. The Bertz CT molecular complexity index is 1100. The lowest BCUT2D eigenvalue weighted by Crippen LogP contribution is -2.41. The number of benzene rings is 2. The summed E-state index contributed by atoms with van der Waals surface area (Å²) in [7, 11) is 0. The minimum absolute atomic E-state index is 0.00485. The summed E-state index contributed by atoms with van der Waals surface area (Å²) in [5.41, 5.74) is 0.233. The second-order valence-corrected chi connectivity index (χ2v) is 6.51. The van der Waals surface area contributed by atoms with Crippen LogP contribution in [0.2, 0.25) is 0 Å². The van der Waals surface area contributed by atoms with E-state index in [0.717, 1.165) is 4.90 Å². The van der Waals surface area contributed by atoms with Crippen molar-refractivity contribution < 1.29 is 18.4 Å². The molecule has 1 fully saturated rings. The quantitative estimate of drug-likeness (QED) is 0.715. The van der Waals surface area contributed by atoms with Crippen molar-refractivity contribution in [1.29, 1.82) is 0 Å². The van der Waals surface area contributed by atoms with Gasteiger partial charge < -0.3 is 9.73 Å². The maximum absolute atomic E-state index is 13.2. The lowest BCUT2D eigenvalue weighted by atomic mass is 9.92. The Kier molecular flexibility index (Phi) is 3.83. The molecule has 1 atom stereocenters. The molecule has 3 aromatic rings. The van der Waals surface area contributed by atoms with E-state index in [2.05, 4.69) is 5.32 Å². The largest absolute Gasteiger partial charge is 0.420 e. The van der Waals surface area contributed by atoms with Crippen LogP contribution in [0.4, 0.5) is 9.18 Å². The number of amides is 3. The van der Waals surface area contributed by atoms with Gasteiger partial charge >= 0.3 is 11.8 Å². The average Bonchev–Trinajstić information content (AvgIpc) is 3.08. The summed E-state index contributed by atoms with van der Waals surface area (Å²) in [4.78, 5) is 38.3. The summed E-state index contributed by atoms with van der Waals surface area (Å²) in [6.07, 6.45) is 0. The van der Waals surface area contributed by atoms with Crippen molar-refractivity contribution in [3.8, 4) is 0 Å². The third-order valence-corrected chi connectivity index (χ3v) is 4.82. The molecule has 8 heteroatoms. The van der Waals surface area contributed by atoms with Crippen molar-refractivity contribution in [2.75, 3.05) is 6.54 Å². The summed E-state index contributed by atoms with van der Waals surface area (Å²) in [5, 5.41) is 2.65. The van der Waals surface area contributed by atoms with Crippen LogP contribution in [0.3, 0.4) is 0 Å². The lowest BCUT2D eigenvalue weighted by Gasteiger charge is -2.22. The number of imide groups is 1. The van der Waals surface area contributed by atoms with Gasteiger partial charge in [0.15, 0.2) is 5.58 Å². The molecule has 7 nitrogen and oxygen atoms in total. The minimum atomic E-state index is -1.28. The molecule has 2 heterocycles. The molecular weight excluding hydrogens is 353 g/mol. The molecule has 1 unspecified atom stereocenters. The van der Waals surface area contributed by atoms with E-state index in [4.69, 9.17) is 4.42 Å².